The Morgan fingerprint density at radius 3 is 2.02 bits per heavy atom. The number of rotatable bonds is 11. The van der Waals surface area contributed by atoms with Crippen LogP contribution in [-0.2, 0) is 17.9 Å². The maximum Gasteiger partial charge on any atom is 0.335 e. The number of anilines is 1. The summed E-state index contributed by atoms with van der Waals surface area (Å²) in [4.78, 5) is 29.0. The molecule has 0 atom stereocenters. The molecule has 1 amide bonds. The van der Waals surface area contributed by atoms with Crippen LogP contribution in [0.1, 0.15) is 34.3 Å². The number of piperidine rings is 1. The quantitative estimate of drug-likeness (QED) is 0.229. The summed E-state index contributed by atoms with van der Waals surface area (Å²) < 4.78 is 5.86. The first-order valence-electron chi connectivity index (χ1n) is 14.0. The zero-order valence-electron chi connectivity index (χ0n) is 23.0. The summed E-state index contributed by atoms with van der Waals surface area (Å²) in [6, 6.07) is 34.7. The van der Waals surface area contributed by atoms with Crippen LogP contribution in [0.4, 0.5) is 5.69 Å². The number of nitrogens with one attached hydrogen (secondary N) is 1. The molecular formula is C34H35N3O4. The molecule has 1 aliphatic heterocycles. The van der Waals surface area contributed by atoms with Crippen molar-refractivity contribution in [2.45, 2.75) is 32.0 Å². The number of ether oxygens (including phenoxy) is 1. The van der Waals surface area contributed by atoms with E-state index < -0.39 is 5.97 Å². The number of carboxylic acids is 1. The largest absolute Gasteiger partial charge is 0.478 e. The van der Waals surface area contributed by atoms with Crippen LogP contribution in [0.5, 0.6) is 11.5 Å². The van der Waals surface area contributed by atoms with Crippen LogP contribution in [0.2, 0.25) is 0 Å². The average molecular weight is 550 g/mol. The first kappa shape index (κ1) is 28.1. The maximum absolute atomic E-state index is 13.2. The molecule has 1 aliphatic rings. The third-order valence-corrected chi connectivity index (χ3v) is 7.37. The van der Waals surface area contributed by atoms with Gasteiger partial charge in [0.25, 0.3) is 0 Å². The maximum atomic E-state index is 13.2. The molecule has 210 valence electrons. The number of para-hydroxylation sites is 1. The fraction of sp³-hybridized carbons (Fsp3) is 0.235. The Morgan fingerprint density at radius 2 is 1.39 bits per heavy atom. The second kappa shape index (κ2) is 13.7. The van der Waals surface area contributed by atoms with Crippen molar-refractivity contribution in [2.75, 3.05) is 25.0 Å². The van der Waals surface area contributed by atoms with Crippen molar-refractivity contribution < 1.29 is 19.4 Å². The minimum absolute atomic E-state index is 0.0430. The number of aromatic carboxylic acids is 1. The first-order chi connectivity index (χ1) is 20.0. The molecule has 2 N–H and O–H groups in total. The molecule has 0 bridgehead atoms. The molecule has 4 aromatic rings. The molecule has 0 saturated carbocycles. The molecule has 1 heterocycles. The highest BCUT2D eigenvalue weighted by Crippen LogP contribution is 2.24. The number of amides is 1. The third kappa shape index (κ3) is 8.27. The molecule has 0 aliphatic carbocycles. The van der Waals surface area contributed by atoms with E-state index in [4.69, 9.17) is 9.84 Å². The predicted octanol–water partition coefficient (Wildman–Crippen LogP) is 6.28. The van der Waals surface area contributed by atoms with Crippen LogP contribution >= 0.6 is 0 Å². The molecule has 0 spiro atoms. The predicted molar refractivity (Wildman–Crippen MR) is 160 cm³/mol. The number of hydrogen-bond donors (Lipinski definition) is 2. The minimum Gasteiger partial charge on any atom is -0.478 e. The van der Waals surface area contributed by atoms with E-state index in [0.29, 0.717) is 24.4 Å². The van der Waals surface area contributed by atoms with Gasteiger partial charge in [-0.15, -0.1) is 0 Å². The van der Waals surface area contributed by atoms with E-state index in [1.165, 1.54) is 5.56 Å². The number of likely N-dealkylation sites (tertiary alicyclic amines) is 1. The lowest BCUT2D eigenvalue weighted by atomic mass is 10.0. The van der Waals surface area contributed by atoms with Gasteiger partial charge < -0.3 is 15.2 Å². The highest BCUT2D eigenvalue weighted by atomic mass is 16.5. The molecule has 4 aromatic carbocycles. The second-order valence-electron chi connectivity index (χ2n) is 10.4. The fourth-order valence-electron chi connectivity index (χ4n) is 5.20. The molecule has 41 heavy (non-hydrogen) atoms. The highest BCUT2D eigenvalue weighted by Gasteiger charge is 2.26. The van der Waals surface area contributed by atoms with Gasteiger partial charge in [-0.05, 0) is 85.6 Å². The van der Waals surface area contributed by atoms with Crippen LogP contribution in [0.3, 0.4) is 0 Å². The standard InChI is InChI=1S/C34H35N3O4/c38-33(35-29-15-17-32(18-16-29)41-31-9-5-2-6-10-31)25-37(24-26-7-3-1-4-8-26)30-19-21-36(22-20-30)23-27-11-13-28(14-12-27)34(39)40/h1-18,30H,19-25H2,(H,35,38)(H,39,40). The van der Waals surface area contributed by atoms with Gasteiger partial charge in [0, 0.05) is 24.8 Å². The fourth-order valence-corrected chi connectivity index (χ4v) is 5.20. The second-order valence-corrected chi connectivity index (χ2v) is 10.4. The van der Waals surface area contributed by atoms with Crippen LogP contribution in [0.15, 0.2) is 109 Å². The highest BCUT2D eigenvalue weighted by molar-refractivity contribution is 5.92. The van der Waals surface area contributed by atoms with Gasteiger partial charge in [-0.3, -0.25) is 14.6 Å². The smallest absolute Gasteiger partial charge is 0.335 e. The Morgan fingerprint density at radius 1 is 0.780 bits per heavy atom. The van der Waals surface area contributed by atoms with Gasteiger partial charge in [-0.25, -0.2) is 4.79 Å². The first-order valence-corrected chi connectivity index (χ1v) is 14.0. The Hall–Kier alpha value is -4.46. The molecule has 0 aromatic heterocycles. The molecular weight excluding hydrogens is 514 g/mol. The zero-order chi connectivity index (χ0) is 28.4. The third-order valence-electron chi connectivity index (χ3n) is 7.37. The molecule has 7 heteroatoms. The average Bonchev–Trinajstić information content (AvgIpc) is 3.00. The lowest BCUT2D eigenvalue weighted by Crippen LogP contribution is -2.46. The topological polar surface area (TPSA) is 82.1 Å². The number of carbonyl (C=O) groups is 2. The SMILES string of the molecule is O=C(CN(Cc1ccccc1)C1CCN(Cc2ccc(C(=O)O)cc2)CC1)Nc1ccc(Oc2ccccc2)cc1. The molecule has 1 fully saturated rings. The van der Waals surface area contributed by atoms with Crippen molar-refractivity contribution in [1.29, 1.82) is 0 Å². The Bertz CT molecular complexity index is 1400. The lowest BCUT2D eigenvalue weighted by molar-refractivity contribution is -0.118. The lowest BCUT2D eigenvalue weighted by Gasteiger charge is -2.38. The van der Waals surface area contributed by atoms with Gasteiger partial charge >= 0.3 is 5.97 Å². The summed E-state index contributed by atoms with van der Waals surface area (Å²) in [7, 11) is 0. The van der Waals surface area contributed by atoms with Crippen LogP contribution in [0.25, 0.3) is 0 Å². The van der Waals surface area contributed by atoms with E-state index in [-0.39, 0.29) is 11.9 Å². The molecule has 0 unspecified atom stereocenters. The van der Waals surface area contributed by atoms with Gasteiger partial charge in [-0.1, -0.05) is 60.7 Å². The molecule has 1 saturated heterocycles. The summed E-state index contributed by atoms with van der Waals surface area (Å²) in [5.41, 5.74) is 3.33. The van der Waals surface area contributed by atoms with Crippen LogP contribution in [0, 0.1) is 0 Å². The number of carboxylic acid groups (broad SMARTS) is 1. The summed E-state index contributed by atoms with van der Waals surface area (Å²) in [6.45, 7) is 3.63. The Balaban J connectivity index is 1.17. The van der Waals surface area contributed by atoms with Crippen LogP contribution < -0.4 is 10.1 Å². The van der Waals surface area contributed by atoms with Crippen LogP contribution in [-0.4, -0.2) is 52.5 Å². The number of carbonyl (C=O) groups excluding carboxylic acids is 1. The van der Waals surface area contributed by atoms with Crippen molar-refractivity contribution in [3.63, 3.8) is 0 Å². The normalized spacial score (nSPS) is 14.1. The van der Waals surface area contributed by atoms with E-state index >= 15 is 0 Å². The van der Waals surface area contributed by atoms with Crippen molar-refractivity contribution >= 4 is 17.6 Å². The summed E-state index contributed by atoms with van der Waals surface area (Å²) in [6.07, 6.45) is 1.91. The number of hydrogen-bond acceptors (Lipinski definition) is 5. The van der Waals surface area contributed by atoms with Crippen molar-refractivity contribution in [3.05, 3.63) is 126 Å². The monoisotopic (exact) mass is 549 g/mol. The Labute approximate surface area is 241 Å². The minimum atomic E-state index is -0.908. The molecule has 7 nitrogen and oxygen atoms in total. The number of nitrogens with zero attached hydrogens (tertiary/aromatic N) is 2. The van der Waals surface area contributed by atoms with Gasteiger partial charge in [0.15, 0.2) is 0 Å². The van der Waals surface area contributed by atoms with E-state index in [0.717, 1.165) is 49.5 Å². The van der Waals surface area contributed by atoms with Gasteiger partial charge in [0.2, 0.25) is 5.91 Å². The van der Waals surface area contributed by atoms with Crippen molar-refractivity contribution in [2.24, 2.45) is 0 Å². The summed E-state index contributed by atoms with van der Waals surface area (Å²) >= 11 is 0. The number of benzene rings is 4. The zero-order valence-corrected chi connectivity index (χ0v) is 23.0. The summed E-state index contributed by atoms with van der Waals surface area (Å²) in [5.74, 6) is 0.528. The van der Waals surface area contributed by atoms with E-state index in [9.17, 15) is 9.59 Å². The van der Waals surface area contributed by atoms with Gasteiger partial charge in [-0.2, -0.15) is 0 Å². The molecule has 5 rings (SSSR count). The van der Waals surface area contributed by atoms with Crippen molar-refractivity contribution in [3.8, 4) is 11.5 Å². The van der Waals surface area contributed by atoms with E-state index in [1.54, 1.807) is 12.1 Å². The van der Waals surface area contributed by atoms with E-state index in [2.05, 4.69) is 27.2 Å². The Kier molecular flexibility index (Phi) is 9.41. The van der Waals surface area contributed by atoms with Crippen molar-refractivity contribution in [1.82, 2.24) is 9.80 Å². The van der Waals surface area contributed by atoms with Gasteiger partial charge in [0.1, 0.15) is 11.5 Å². The summed E-state index contributed by atoms with van der Waals surface area (Å²) in [5, 5.41) is 12.2. The van der Waals surface area contributed by atoms with E-state index in [1.807, 2.05) is 84.9 Å². The van der Waals surface area contributed by atoms with Gasteiger partial charge in [0.05, 0.1) is 12.1 Å². The molecule has 0 radical (unpaired) electrons.